The van der Waals surface area contributed by atoms with Gasteiger partial charge in [-0.2, -0.15) is 12.6 Å². The molecule has 1 heterocycles. The molecule has 1 aromatic heterocycles. The average molecular weight is 228 g/mol. The molecule has 1 aromatic rings. The Morgan fingerprint density at radius 3 is 2.93 bits per heavy atom. The van der Waals surface area contributed by atoms with E-state index in [0.29, 0.717) is 5.92 Å². The van der Waals surface area contributed by atoms with Crippen molar-refractivity contribution in [1.82, 2.24) is 9.97 Å². The van der Waals surface area contributed by atoms with Gasteiger partial charge in [-0.1, -0.05) is 13.3 Å². The Labute approximate surface area is 95.3 Å². The van der Waals surface area contributed by atoms with Crippen LogP contribution in [0.3, 0.4) is 0 Å². The summed E-state index contributed by atoms with van der Waals surface area (Å²) in [6, 6.07) is 0. The first-order chi connectivity index (χ1) is 6.86. The van der Waals surface area contributed by atoms with E-state index < -0.39 is 0 Å². The monoisotopic (exact) mass is 228 g/mol. The van der Waals surface area contributed by atoms with Crippen molar-refractivity contribution < 1.29 is 0 Å². The summed E-state index contributed by atoms with van der Waals surface area (Å²) in [4.78, 5) is 8.25. The lowest BCUT2D eigenvalue weighted by atomic mass is 10.1. The zero-order chi connectivity index (χ0) is 10.2. The SMILES string of the molecule is CCCC(CS)CSc1cnccn1. The quantitative estimate of drug-likeness (QED) is 0.599. The van der Waals surface area contributed by atoms with Gasteiger partial charge in [0.1, 0.15) is 5.03 Å². The molecule has 1 unspecified atom stereocenters. The summed E-state index contributed by atoms with van der Waals surface area (Å²) in [5, 5.41) is 1.01. The predicted molar refractivity (Wildman–Crippen MR) is 65.0 cm³/mol. The summed E-state index contributed by atoms with van der Waals surface area (Å²) < 4.78 is 0. The molecule has 0 N–H and O–H groups in total. The molecule has 0 saturated heterocycles. The second kappa shape index (κ2) is 7.12. The van der Waals surface area contributed by atoms with Gasteiger partial charge in [-0.05, 0) is 18.1 Å². The van der Waals surface area contributed by atoms with E-state index in [1.165, 1.54) is 12.8 Å². The molecule has 0 radical (unpaired) electrons. The maximum atomic E-state index is 4.35. The van der Waals surface area contributed by atoms with Crippen LogP contribution in [-0.4, -0.2) is 21.5 Å². The van der Waals surface area contributed by atoms with Gasteiger partial charge in [0.15, 0.2) is 0 Å². The molecule has 0 aromatic carbocycles. The van der Waals surface area contributed by atoms with Crippen LogP contribution in [0.2, 0.25) is 0 Å². The molecule has 4 heteroatoms. The zero-order valence-corrected chi connectivity index (χ0v) is 10.1. The highest BCUT2D eigenvalue weighted by atomic mass is 32.2. The molecule has 0 aliphatic rings. The molecular weight excluding hydrogens is 212 g/mol. The molecule has 14 heavy (non-hydrogen) atoms. The molecule has 0 aliphatic carbocycles. The average Bonchev–Trinajstić information content (AvgIpc) is 2.25. The van der Waals surface area contributed by atoms with Crippen molar-refractivity contribution >= 4 is 24.4 Å². The fourth-order valence-electron chi connectivity index (χ4n) is 1.20. The summed E-state index contributed by atoms with van der Waals surface area (Å²) in [5.41, 5.74) is 0. The van der Waals surface area contributed by atoms with Gasteiger partial charge in [-0.3, -0.25) is 4.98 Å². The lowest BCUT2D eigenvalue weighted by Gasteiger charge is -2.11. The van der Waals surface area contributed by atoms with Gasteiger partial charge in [0.25, 0.3) is 0 Å². The summed E-state index contributed by atoms with van der Waals surface area (Å²) in [7, 11) is 0. The Hall–Kier alpha value is -0.220. The van der Waals surface area contributed by atoms with Crippen molar-refractivity contribution in [3.63, 3.8) is 0 Å². The molecule has 1 rings (SSSR count). The predicted octanol–water partition coefficient (Wildman–Crippen LogP) is 2.91. The Bertz CT molecular complexity index is 241. The third-order valence-electron chi connectivity index (χ3n) is 1.96. The van der Waals surface area contributed by atoms with E-state index in [9.17, 15) is 0 Å². The first kappa shape index (κ1) is 11.9. The van der Waals surface area contributed by atoms with Gasteiger partial charge in [-0.15, -0.1) is 11.8 Å². The van der Waals surface area contributed by atoms with Crippen LogP contribution in [-0.2, 0) is 0 Å². The van der Waals surface area contributed by atoms with Crippen LogP contribution in [0.25, 0.3) is 0 Å². The number of hydrogen-bond acceptors (Lipinski definition) is 4. The first-order valence-corrected chi connectivity index (χ1v) is 6.48. The minimum atomic E-state index is 0.690. The third kappa shape index (κ3) is 4.33. The maximum Gasteiger partial charge on any atom is 0.114 e. The van der Waals surface area contributed by atoms with Crippen LogP contribution < -0.4 is 0 Å². The van der Waals surface area contributed by atoms with Crippen LogP contribution in [0.4, 0.5) is 0 Å². The van der Waals surface area contributed by atoms with Crippen molar-refractivity contribution in [1.29, 1.82) is 0 Å². The van der Waals surface area contributed by atoms with Crippen LogP contribution in [0.1, 0.15) is 19.8 Å². The van der Waals surface area contributed by atoms with Gasteiger partial charge in [0.05, 0.1) is 6.20 Å². The standard InChI is InChI=1S/C10H16N2S2/c1-2-3-9(7-13)8-14-10-6-11-4-5-12-10/h4-6,9,13H,2-3,7-8H2,1H3. The molecule has 0 spiro atoms. The van der Waals surface area contributed by atoms with Crippen molar-refractivity contribution in [2.45, 2.75) is 24.8 Å². The molecule has 0 aliphatic heterocycles. The van der Waals surface area contributed by atoms with Crippen LogP contribution in [0.5, 0.6) is 0 Å². The highest BCUT2D eigenvalue weighted by molar-refractivity contribution is 7.99. The molecule has 0 fully saturated rings. The first-order valence-electron chi connectivity index (χ1n) is 4.86. The number of thioether (sulfide) groups is 1. The van der Waals surface area contributed by atoms with Crippen molar-refractivity contribution in [3.8, 4) is 0 Å². The molecule has 2 nitrogen and oxygen atoms in total. The van der Waals surface area contributed by atoms with Gasteiger partial charge in [0, 0.05) is 18.1 Å². The topological polar surface area (TPSA) is 25.8 Å². The fourth-order valence-corrected chi connectivity index (χ4v) is 2.65. The molecule has 0 amide bonds. The minimum Gasteiger partial charge on any atom is -0.260 e. The van der Waals surface area contributed by atoms with E-state index in [4.69, 9.17) is 0 Å². The highest BCUT2D eigenvalue weighted by Gasteiger charge is 2.06. The summed E-state index contributed by atoms with van der Waals surface area (Å²) in [6.45, 7) is 2.21. The molecule has 0 saturated carbocycles. The van der Waals surface area contributed by atoms with E-state index in [1.54, 1.807) is 24.2 Å². The smallest absolute Gasteiger partial charge is 0.114 e. The van der Waals surface area contributed by atoms with E-state index >= 15 is 0 Å². The molecule has 0 bridgehead atoms. The number of hydrogen-bond donors (Lipinski definition) is 1. The van der Waals surface area contributed by atoms with E-state index in [2.05, 4.69) is 29.5 Å². The minimum absolute atomic E-state index is 0.690. The normalized spacial score (nSPS) is 12.7. The third-order valence-corrected chi connectivity index (χ3v) is 3.62. The maximum absolute atomic E-state index is 4.35. The number of nitrogens with zero attached hydrogens (tertiary/aromatic N) is 2. The molecular formula is C10H16N2S2. The second-order valence-electron chi connectivity index (χ2n) is 3.19. The van der Waals surface area contributed by atoms with Gasteiger partial charge in [0.2, 0.25) is 0 Å². The lowest BCUT2D eigenvalue weighted by Crippen LogP contribution is -2.05. The number of rotatable bonds is 6. The second-order valence-corrected chi connectivity index (χ2v) is 4.60. The van der Waals surface area contributed by atoms with Gasteiger partial charge >= 0.3 is 0 Å². The van der Waals surface area contributed by atoms with Crippen LogP contribution in [0.15, 0.2) is 23.6 Å². The van der Waals surface area contributed by atoms with Crippen molar-refractivity contribution in [2.75, 3.05) is 11.5 Å². The van der Waals surface area contributed by atoms with Crippen LogP contribution >= 0.6 is 24.4 Å². The molecule has 78 valence electrons. The Morgan fingerprint density at radius 1 is 1.50 bits per heavy atom. The van der Waals surface area contributed by atoms with E-state index in [1.807, 2.05) is 6.20 Å². The highest BCUT2D eigenvalue weighted by Crippen LogP contribution is 2.20. The van der Waals surface area contributed by atoms with Gasteiger partial charge < -0.3 is 0 Å². The van der Waals surface area contributed by atoms with Crippen molar-refractivity contribution in [2.24, 2.45) is 5.92 Å². The summed E-state index contributed by atoms with van der Waals surface area (Å²) in [6.07, 6.45) is 7.72. The zero-order valence-electron chi connectivity index (χ0n) is 8.39. The summed E-state index contributed by atoms with van der Waals surface area (Å²) >= 11 is 6.12. The largest absolute Gasteiger partial charge is 0.260 e. The van der Waals surface area contributed by atoms with E-state index in [-0.39, 0.29) is 0 Å². The van der Waals surface area contributed by atoms with Crippen molar-refractivity contribution in [3.05, 3.63) is 18.6 Å². The van der Waals surface area contributed by atoms with E-state index in [0.717, 1.165) is 16.5 Å². The molecule has 1 atom stereocenters. The van der Waals surface area contributed by atoms with Crippen LogP contribution in [0, 0.1) is 5.92 Å². The Kier molecular flexibility index (Phi) is 6.03. The fraction of sp³-hybridized carbons (Fsp3) is 0.600. The summed E-state index contributed by atoms with van der Waals surface area (Å²) in [5.74, 6) is 2.74. The van der Waals surface area contributed by atoms with Gasteiger partial charge in [-0.25, -0.2) is 4.98 Å². The Morgan fingerprint density at radius 2 is 2.36 bits per heavy atom. The number of thiol groups is 1. The Balaban J connectivity index is 2.32. The number of aromatic nitrogens is 2. The lowest BCUT2D eigenvalue weighted by molar-refractivity contribution is 0.595.